The molecule has 0 aromatic carbocycles. The molecule has 1 fully saturated rings. The van der Waals surface area contributed by atoms with Gasteiger partial charge < -0.3 is 9.80 Å². The SMILES string of the molecule is CC(C)C(=O)N1CCN(C(=O)CCc2cccs2)CC1. The van der Waals surface area contributed by atoms with Crippen LogP contribution in [0, 0.1) is 5.92 Å². The van der Waals surface area contributed by atoms with Gasteiger partial charge in [0.2, 0.25) is 11.8 Å². The molecule has 1 saturated heterocycles. The van der Waals surface area contributed by atoms with Crippen molar-refractivity contribution < 1.29 is 9.59 Å². The molecule has 1 aromatic heterocycles. The lowest BCUT2D eigenvalue weighted by Crippen LogP contribution is -2.51. The van der Waals surface area contributed by atoms with Crippen molar-refractivity contribution in [1.29, 1.82) is 0 Å². The van der Waals surface area contributed by atoms with Crippen LogP contribution in [0.4, 0.5) is 0 Å². The molecule has 0 atom stereocenters. The highest BCUT2D eigenvalue weighted by atomic mass is 32.1. The third-order valence-electron chi connectivity index (χ3n) is 3.60. The van der Waals surface area contributed by atoms with E-state index in [-0.39, 0.29) is 17.7 Å². The number of nitrogens with zero attached hydrogens (tertiary/aromatic N) is 2. The Bertz CT molecular complexity index is 448. The van der Waals surface area contributed by atoms with Crippen molar-refractivity contribution in [2.24, 2.45) is 5.92 Å². The monoisotopic (exact) mass is 294 g/mol. The molecule has 0 spiro atoms. The zero-order valence-corrected chi connectivity index (χ0v) is 13.0. The van der Waals surface area contributed by atoms with E-state index in [0.717, 1.165) is 6.42 Å². The molecule has 20 heavy (non-hydrogen) atoms. The minimum atomic E-state index is 0.0380. The van der Waals surface area contributed by atoms with Crippen molar-refractivity contribution in [2.45, 2.75) is 26.7 Å². The number of piperazine rings is 1. The molecule has 0 bridgehead atoms. The number of aryl methyl sites for hydroxylation is 1. The number of rotatable bonds is 4. The zero-order valence-electron chi connectivity index (χ0n) is 12.2. The van der Waals surface area contributed by atoms with Crippen molar-refractivity contribution >= 4 is 23.2 Å². The van der Waals surface area contributed by atoms with Crippen LogP contribution in [0.25, 0.3) is 0 Å². The molecule has 4 nitrogen and oxygen atoms in total. The van der Waals surface area contributed by atoms with Gasteiger partial charge in [-0.1, -0.05) is 19.9 Å². The van der Waals surface area contributed by atoms with E-state index in [9.17, 15) is 9.59 Å². The summed E-state index contributed by atoms with van der Waals surface area (Å²) in [6, 6.07) is 4.08. The summed E-state index contributed by atoms with van der Waals surface area (Å²) in [5.41, 5.74) is 0. The lowest BCUT2D eigenvalue weighted by atomic mass is 10.1. The van der Waals surface area contributed by atoms with Crippen LogP contribution in [-0.2, 0) is 16.0 Å². The fraction of sp³-hybridized carbons (Fsp3) is 0.600. The normalized spacial score (nSPS) is 15.8. The van der Waals surface area contributed by atoms with E-state index in [1.165, 1.54) is 4.88 Å². The van der Waals surface area contributed by atoms with Gasteiger partial charge in [0, 0.05) is 43.4 Å². The summed E-state index contributed by atoms with van der Waals surface area (Å²) in [7, 11) is 0. The third-order valence-corrected chi connectivity index (χ3v) is 4.54. The predicted octanol–water partition coefficient (Wildman–Crippen LogP) is 2.01. The Morgan fingerprint density at radius 1 is 1.20 bits per heavy atom. The van der Waals surface area contributed by atoms with E-state index in [2.05, 4.69) is 6.07 Å². The molecule has 0 radical (unpaired) electrons. The number of carbonyl (C=O) groups excluding carboxylic acids is 2. The van der Waals surface area contributed by atoms with Crippen LogP contribution in [0.5, 0.6) is 0 Å². The van der Waals surface area contributed by atoms with Gasteiger partial charge in [-0.3, -0.25) is 9.59 Å². The molecule has 0 unspecified atom stereocenters. The van der Waals surface area contributed by atoms with Gasteiger partial charge in [-0.15, -0.1) is 11.3 Å². The summed E-state index contributed by atoms with van der Waals surface area (Å²) >= 11 is 1.70. The number of thiophene rings is 1. The Morgan fingerprint density at radius 2 is 1.85 bits per heavy atom. The molecular formula is C15H22N2O2S. The summed E-state index contributed by atoms with van der Waals surface area (Å²) in [6.45, 7) is 6.51. The highest BCUT2D eigenvalue weighted by Gasteiger charge is 2.24. The third kappa shape index (κ3) is 3.82. The molecule has 1 aromatic rings. The van der Waals surface area contributed by atoms with Crippen molar-refractivity contribution in [3.05, 3.63) is 22.4 Å². The topological polar surface area (TPSA) is 40.6 Å². The molecular weight excluding hydrogens is 272 g/mol. The highest BCUT2D eigenvalue weighted by molar-refractivity contribution is 7.09. The second-order valence-electron chi connectivity index (χ2n) is 5.44. The van der Waals surface area contributed by atoms with Crippen LogP contribution in [0.15, 0.2) is 17.5 Å². The quantitative estimate of drug-likeness (QED) is 0.852. The number of hydrogen-bond acceptors (Lipinski definition) is 3. The molecule has 1 aliphatic heterocycles. The fourth-order valence-corrected chi connectivity index (χ4v) is 3.09. The summed E-state index contributed by atoms with van der Waals surface area (Å²) in [5.74, 6) is 0.432. The Hall–Kier alpha value is -1.36. The fourth-order valence-electron chi connectivity index (χ4n) is 2.38. The van der Waals surface area contributed by atoms with Gasteiger partial charge in [0.15, 0.2) is 0 Å². The van der Waals surface area contributed by atoms with Crippen LogP contribution in [0.1, 0.15) is 25.1 Å². The van der Waals surface area contributed by atoms with E-state index < -0.39 is 0 Å². The van der Waals surface area contributed by atoms with Crippen LogP contribution >= 0.6 is 11.3 Å². The van der Waals surface area contributed by atoms with E-state index in [0.29, 0.717) is 32.6 Å². The first-order valence-corrected chi connectivity index (χ1v) is 8.05. The predicted molar refractivity (Wildman–Crippen MR) is 80.6 cm³/mol. The summed E-state index contributed by atoms with van der Waals surface area (Å²) in [4.78, 5) is 29.0. The largest absolute Gasteiger partial charge is 0.339 e. The van der Waals surface area contributed by atoms with Crippen LogP contribution < -0.4 is 0 Å². The standard InChI is InChI=1S/C15H22N2O2S/c1-12(2)15(19)17-9-7-16(8-10-17)14(18)6-5-13-4-3-11-20-13/h3-4,11-12H,5-10H2,1-2H3. The van der Waals surface area contributed by atoms with Crippen molar-refractivity contribution in [3.8, 4) is 0 Å². The first-order valence-electron chi connectivity index (χ1n) is 7.17. The molecule has 0 N–H and O–H groups in total. The summed E-state index contributed by atoms with van der Waals surface area (Å²) in [5, 5.41) is 2.04. The van der Waals surface area contributed by atoms with Gasteiger partial charge in [0.05, 0.1) is 0 Å². The lowest BCUT2D eigenvalue weighted by Gasteiger charge is -2.35. The van der Waals surface area contributed by atoms with Crippen LogP contribution in [0.2, 0.25) is 0 Å². The van der Waals surface area contributed by atoms with Gasteiger partial charge in [-0.25, -0.2) is 0 Å². The van der Waals surface area contributed by atoms with E-state index >= 15 is 0 Å². The Kier molecular flexibility index (Phi) is 5.17. The number of amides is 2. The second kappa shape index (κ2) is 6.88. The average Bonchev–Trinajstić information content (AvgIpc) is 2.97. The highest BCUT2D eigenvalue weighted by Crippen LogP contribution is 2.13. The molecule has 2 rings (SSSR count). The van der Waals surface area contributed by atoms with Crippen LogP contribution in [0.3, 0.4) is 0 Å². The van der Waals surface area contributed by atoms with Crippen molar-refractivity contribution in [3.63, 3.8) is 0 Å². The molecule has 2 heterocycles. The van der Waals surface area contributed by atoms with Crippen LogP contribution in [-0.4, -0.2) is 47.8 Å². The molecule has 110 valence electrons. The zero-order chi connectivity index (χ0) is 14.5. The van der Waals surface area contributed by atoms with Crippen molar-refractivity contribution in [1.82, 2.24) is 9.80 Å². The summed E-state index contributed by atoms with van der Waals surface area (Å²) < 4.78 is 0. The van der Waals surface area contributed by atoms with E-state index in [1.54, 1.807) is 11.3 Å². The maximum Gasteiger partial charge on any atom is 0.225 e. The Balaban J connectivity index is 1.75. The summed E-state index contributed by atoms with van der Waals surface area (Å²) in [6.07, 6.45) is 1.39. The van der Waals surface area contributed by atoms with Gasteiger partial charge in [-0.05, 0) is 17.9 Å². The van der Waals surface area contributed by atoms with Gasteiger partial charge in [0.25, 0.3) is 0 Å². The number of hydrogen-bond donors (Lipinski definition) is 0. The first-order chi connectivity index (χ1) is 9.58. The molecule has 0 aliphatic carbocycles. The molecule has 1 aliphatic rings. The smallest absolute Gasteiger partial charge is 0.225 e. The van der Waals surface area contributed by atoms with E-state index in [1.807, 2.05) is 35.1 Å². The second-order valence-corrected chi connectivity index (χ2v) is 6.47. The van der Waals surface area contributed by atoms with Crippen molar-refractivity contribution in [2.75, 3.05) is 26.2 Å². The maximum absolute atomic E-state index is 12.1. The van der Waals surface area contributed by atoms with E-state index in [4.69, 9.17) is 0 Å². The van der Waals surface area contributed by atoms with Gasteiger partial charge in [-0.2, -0.15) is 0 Å². The molecule has 0 saturated carbocycles. The van der Waals surface area contributed by atoms with Gasteiger partial charge >= 0.3 is 0 Å². The first kappa shape index (κ1) is 15.0. The van der Waals surface area contributed by atoms with Gasteiger partial charge in [0.1, 0.15) is 0 Å². The Labute approximate surface area is 124 Å². The lowest BCUT2D eigenvalue weighted by molar-refractivity contribution is -0.141. The number of carbonyl (C=O) groups is 2. The molecule has 5 heteroatoms. The average molecular weight is 294 g/mol. The maximum atomic E-state index is 12.1. The molecule has 2 amide bonds. The Morgan fingerprint density at radius 3 is 2.40 bits per heavy atom. The minimum absolute atomic E-state index is 0.0380. The minimum Gasteiger partial charge on any atom is -0.339 e.